The summed E-state index contributed by atoms with van der Waals surface area (Å²) in [5.74, 6) is 0.334. The van der Waals surface area contributed by atoms with Crippen LogP contribution < -0.4 is 0 Å². The molecule has 0 radical (unpaired) electrons. The van der Waals surface area contributed by atoms with Gasteiger partial charge in [-0.15, -0.1) is 0 Å². The molecule has 5 nitrogen and oxygen atoms in total. The van der Waals surface area contributed by atoms with Crippen molar-refractivity contribution in [1.82, 2.24) is 4.40 Å². The maximum atomic E-state index is 10.0. The third-order valence-corrected chi connectivity index (χ3v) is 6.67. The van der Waals surface area contributed by atoms with E-state index in [-0.39, 0.29) is 11.5 Å². The second kappa shape index (κ2) is 5.58. The molecule has 0 fully saturated rings. The molecule has 0 bridgehead atoms. The van der Waals surface area contributed by atoms with E-state index in [1.54, 1.807) is 24.3 Å². The van der Waals surface area contributed by atoms with Crippen molar-refractivity contribution in [2.75, 3.05) is 0 Å². The third kappa shape index (κ3) is 2.02. The number of benzene rings is 4. The quantitative estimate of drug-likeness (QED) is 0.285. The van der Waals surface area contributed by atoms with Gasteiger partial charge in [-0.2, -0.15) is 0 Å². The van der Waals surface area contributed by atoms with Crippen LogP contribution in [0, 0.1) is 0 Å². The normalized spacial score (nSPS) is 12.5. The molecule has 0 aliphatic heterocycles. The number of phenolic OH excluding ortho intramolecular Hbond substituents is 2. The molecule has 33 heavy (non-hydrogen) atoms. The smallest absolute Gasteiger partial charge is 0.161 e. The summed E-state index contributed by atoms with van der Waals surface area (Å²) in [5, 5.41) is 23.9. The standard InChI is InChI=1S/C28H15NO4/c30-16-6-8-18-22(12-16)32-27-20-10-15(14-4-2-1-3-5-14)11-21-24(20)29(25(18)27)26-19-9-7-17(31)13-23(19)33-28(21)26/h1-13,30-31H. The molecular weight excluding hydrogens is 414 g/mol. The first-order valence-electron chi connectivity index (χ1n) is 10.7. The molecule has 0 saturated heterocycles. The Morgan fingerprint density at radius 1 is 0.515 bits per heavy atom. The summed E-state index contributed by atoms with van der Waals surface area (Å²) in [7, 11) is 0. The molecule has 0 unspecified atom stereocenters. The van der Waals surface area contributed by atoms with Gasteiger partial charge in [0, 0.05) is 33.7 Å². The lowest BCUT2D eigenvalue weighted by Crippen LogP contribution is -1.81. The molecule has 0 aliphatic carbocycles. The van der Waals surface area contributed by atoms with Crippen LogP contribution in [0.2, 0.25) is 0 Å². The maximum absolute atomic E-state index is 10.0. The zero-order valence-corrected chi connectivity index (χ0v) is 17.2. The highest BCUT2D eigenvalue weighted by Gasteiger charge is 2.26. The minimum Gasteiger partial charge on any atom is -0.508 e. The summed E-state index contributed by atoms with van der Waals surface area (Å²) in [6, 6.07) is 25.0. The number of hydrogen-bond donors (Lipinski definition) is 2. The van der Waals surface area contributed by atoms with E-state index in [4.69, 9.17) is 8.83 Å². The Morgan fingerprint density at radius 2 is 1.06 bits per heavy atom. The van der Waals surface area contributed by atoms with Gasteiger partial charge < -0.3 is 23.4 Å². The molecule has 8 rings (SSSR count). The van der Waals surface area contributed by atoms with Gasteiger partial charge >= 0.3 is 0 Å². The lowest BCUT2D eigenvalue weighted by Gasteiger charge is -2.03. The van der Waals surface area contributed by atoms with Gasteiger partial charge in [-0.05, 0) is 47.5 Å². The van der Waals surface area contributed by atoms with Crippen LogP contribution in [0.15, 0.2) is 87.7 Å². The van der Waals surface area contributed by atoms with Crippen molar-refractivity contribution in [1.29, 1.82) is 0 Å². The molecule has 0 spiro atoms. The van der Waals surface area contributed by atoms with E-state index >= 15 is 0 Å². The predicted molar refractivity (Wildman–Crippen MR) is 129 cm³/mol. The van der Waals surface area contributed by atoms with E-state index in [1.807, 2.05) is 30.3 Å². The first-order chi connectivity index (χ1) is 16.2. The number of aromatic hydroxyl groups is 2. The number of rotatable bonds is 1. The third-order valence-electron chi connectivity index (χ3n) is 6.67. The number of aromatic nitrogens is 1. The molecule has 0 aliphatic rings. The van der Waals surface area contributed by atoms with E-state index in [2.05, 4.69) is 28.7 Å². The Bertz CT molecular complexity index is 1920. The fraction of sp³-hybridized carbons (Fsp3) is 0. The predicted octanol–water partition coefficient (Wildman–Crippen LogP) is 7.41. The monoisotopic (exact) mass is 429 g/mol. The van der Waals surface area contributed by atoms with E-state index in [9.17, 15) is 10.2 Å². The van der Waals surface area contributed by atoms with Gasteiger partial charge in [0.05, 0.1) is 5.52 Å². The van der Waals surface area contributed by atoms with Crippen molar-refractivity contribution >= 4 is 60.4 Å². The highest BCUT2D eigenvalue weighted by molar-refractivity contribution is 6.29. The van der Waals surface area contributed by atoms with Crippen molar-refractivity contribution < 1.29 is 19.0 Å². The lowest BCUT2D eigenvalue weighted by atomic mass is 10.0. The second-order valence-corrected chi connectivity index (χ2v) is 8.54. The Balaban J connectivity index is 1.68. The van der Waals surface area contributed by atoms with Crippen molar-refractivity contribution in [3.63, 3.8) is 0 Å². The van der Waals surface area contributed by atoms with Gasteiger partial charge in [0.25, 0.3) is 0 Å². The van der Waals surface area contributed by atoms with Gasteiger partial charge in [-0.3, -0.25) is 0 Å². The molecule has 156 valence electrons. The molecule has 4 aromatic heterocycles. The Morgan fingerprint density at radius 3 is 1.61 bits per heavy atom. The molecule has 0 saturated carbocycles. The van der Waals surface area contributed by atoms with E-state index < -0.39 is 0 Å². The zero-order valence-electron chi connectivity index (χ0n) is 17.2. The van der Waals surface area contributed by atoms with Crippen LogP contribution in [0.5, 0.6) is 11.5 Å². The number of phenols is 2. The van der Waals surface area contributed by atoms with Gasteiger partial charge in [0.2, 0.25) is 0 Å². The van der Waals surface area contributed by atoms with Crippen LogP contribution in [0.25, 0.3) is 71.6 Å². The average Bonchev–Trinajstić information content (AvgIpc) is 3.53. The van der Waals surface area contributed by atoms with Crippen molar-refractivity contribution in [3.05, 3.63) is 78.9 Å². The first-order valence-corrected chi connectivity index (χ1v) is 10.7. The summed E-state index contributed by atoms with van der Waals surface area (Å²) < 4.78 is 14.8. The molecular formula is C28H15NO4. The summed E-state index contributed by atoms with van der Waals surface area (Å²) in [5.41, 5.74) is 7.94. The highest BCUT2D eigenvalue weighted by atomic mass is 16.3. The number of nitrogens with zero attached hydrogens (tertiary/aromatic N) is 1. The first kappa shape index (κ1) is 17.0. The van der Waals surface area contributed by atoms with Gasteiger partial charge in [0.1, 0.15) is 33.7 Å². The minimum atomic E-state index is 0.167. The Hall–Kier alpha value is -4.64. The van der Waals surface area contributed by atoms with Crippen LogP contribution in [-0.2, 0) is 0 Å². The van der Waals surface area contributed by atoms with Gasteiger partial charge in [-0.1, -0.05) is 30.3 Å². The summed E-state index contributed by atoms with van der Waals surface area (Å²) >= 11 is 0. The largest absolute Gasteiger partial charge is 0.508 e. The molecule has 4 heterocycles. The van der Waals surface area contributed by atoms with E-state index in [1.165, 1.54) is 0 Å². The summed E-state index contributed by atoms with van der Waals surface area (Å²) in [6.07, 6.45) is 0. The Kier molecular flexibility index (Phi) is 2.87. The number of fused-ring (bicyclic) bond motifs is 10. The molecule has 4 aromatic carbocycles. The van der Waals surface area contributed by atoms with Crippen LogP contribution >= 0.6 is 0 Å². The topological polar surface area (TPSA) is 71.2 Å². The zero-order chi connectivity index (χ0) is 21.8. The molecule has 2 N–H and O–H groups in total. The summed E-state index contributed by atoms with van der Waals surface area (Å²) in [6.45, 7) is 0. The number of furan rings is 2. The van der Waals surface area contributed by atoms with Gasteiger partial charge in [-0.25, -0.2) is 0 Å². The van der Waals surface area contributed by atoms with Crippen LogP contribution in [0.3, 0.4) is 0 Å². The minimum absolute atomic E-state index is 0.167. The van der Waals surface area contributed by atoms with Crippen molar-refractivity contribution in [2.45, 2.75) is 0 Å². The second-order valence-electron chi connectivity index (χ2n) is 8.54. The SMILES string of the molecule is Oc1ccc2c(c1)oc1c3cc(-c4ccccc4)cc4c5oc6cc(O)ccc6c5n(c34)c21. The fourth-order valence-corrected chi connectivity index (χ4v) is 5.31. The van der Waals surface area contributed by atoms with Crippen LogP contribution in [-0.4, -0.2) is 14.6 Å². The van der Waals surface area contributed by atoms with Crippen molar-refractivity contribution in [2.24, 2.45) is 0 Å². The maximum Gasteiger partial charge on any atom is 0.161 e. The van der Waals surface area contributed by atoms with Gasteiger partial charge in [0.15, 0.2) is 11.2 Å². The average molecular weight is 429 g/mol. The fourth-order valence-electron chi connectivity index (χ4n) is 5.31. The van der Waals surface area contributed by atoms with Crippen LogP contribution in [0.1, 0.15) is 0 Å². The van der Waals surface area contributed by atoms with Crippen LogP contribution in [0.4, 0.5) is 0 Å². The molecule has 0 atom stereocenters. The Labute approximate surface area is 185 Å². The molecule has 8 aromatic rings. The summed E-state index contributed by atoms with van der Waals surface area (Å²) in [4.78, 5) is 0. The van der Waals surface area contributed by atoms with E-state index in [0.717, 1.165) is 60.4 Å². The lowest BCUT2D eigenvalue weighted by molar-refractivity contribution is 0.474. The van der Waals surface area contributed by atoms with E-state index in [0.29, 0.717) is 11.2 Å². The molecule has 5 heteroatoms. The number of hydrogen-bond acceptors (Lipinski definition) is 4. The highest BCUT2D eigenvalue weighted by Crippen LogP contribution is 2.47. The molecule has 0 amide bonds. The van der Waals surface area contributed by atoms with Crippen molar-refractivity contribution in [3.8, 4) is 22.6 Å².